The van der Waals surface area contributed by atoms with E-state index in [0.717, 1.165) is 12.8 Å². The zero-order valence-electron chi connectivity index (χ0n) is 11.6. The van der Waals surface area contributed by atoms with Crippen LogP contribution in [-0.4, -0.2) is 32.7 Å². The van der Waals surface area contributed by atoms with Crippen molar-refractivity contribution in [3.8, 4) is 11.5 Å². The number of benzene rings is 1. The lowest BCUT2D eigenvalue weighted by Crippen LogP contribution is -2.26. The summed E-state index contributed by atoms with van der Waals surface area (Å²) >= 11 is 0. The first-order valence-electron chi connectivity index (χ1n) is 6.20. The fraction of sp³-hybridized carbons (Fsp3) is 0.462. The Bertz CT molecular complexity index is 447. The lowest BCUT2D eigenvalue weighted by atomic mass is 10.1. The molecular weight excluding hydrogens is 306 g/mol. The summed E-state index contributed by atoms with van der Waals surface area (Å²) in [5.41, 5.74) is 5.35. The maximum atomic E-state index is 12.4. The van der Waals surface area contributed by atoms with Gasteiger partial charge in [0, 0.05) is 6.54 Å². The zero-order valence-corrected chi connectivity index (χ0v) is 12.4. The van der Waals surface area contributed by atoms with Crippen molar-refractivity contribution in [2.24, 2.45) is 5.73 Å². The minimum Gasteiger partial charge on any atom is -0.493 e. The maximum absolute atomic E-state index is 12.4. The Morgan fingerprint density at radius 3 is 2.67 bits per heavy atom. The summed E-state index contributed by atoms with van der Waals surface area (Å²) in [4.78, 5) is 12.0. The number of rotatable bonds is 8. The van der Waals surface area contributed by atoms with Crippen molar-refractivity contribution in [2.45, 2.75) is 19.5 Å². The number of unbranched alkanes of at least 4 members (excludes halogenated alkanes) is 1. The maximum Gasteiger partial charge on any atom is 0.387 e. The highest BCUT2D eigenvalue weighted by Gasteiger charge is 2.19. The Kier molecular flexibility index (Phi) is 9.40. The minimum absolute atomic E-state index is 0. The van der Waals surface area contributed by atoms with E-state index in [4.69, 9.17) is 10.5 Å². The van der Waals surface area contributed by atoms with Gasteiger partial charge in [-0.25, -0.2) is 0 Å². The molecule has 0 saturated carbocycles. The first-order valence-corrected chi connectivity index (χ1v) is 6.20. The molecule has 1 amide bonds. The van der Waals surface area contributed by atoms with Crippen LogP contribution in [0, 0.1) is 0 Å². The van der Waals surface area contributed by atoms with Crippen molar-refractivity contribution >= 4 is 18.3 Å². The molecule has 8 heteroatoms. The smallest absolute Gasteiger partial charge is 0.387 e. The van der Waals surface area contributed by atoms with Crippen LogP contribution in [0.2, 0.25) is 0 Å². The highest BCUT2D eigenvalue weighted by molar-refractivity contribution is 5.97. The molecule has 0 radical (unpaired) electrons. The highest BCUT2D eigenvalue weighted by Crippen LogP contribution is 2.32. The molecule has 1 aromatic carbocycles. The number of nitrogens with two attached hydrogens (primary N) is 1. The Morgan fingerprint density at radius 2 is 2.10 bits per heavy atom. The number of carbonyl (C=O) groups excluding carboxylic acids is 1. The SMILES string of the molecule is COc1cccc(C(=O)NCCCCN)c1OC(F)F.Cl. The molecule has 120 valence electrons. The molecule has 0 aliphatic rings. The van der Waals surface area contributed by atoms with Crippen LogP contribution in [0.25, 0.3) is 0 Å². The van der Waals surface area contributed by atoms with E-state index in [1.54, 1.807) is 0 Å². The van der Waals surface area contributed by atoms with Crippen LogP contribution in [0.3, 0.4) is 0 Å². The standard InChI is InChI=1S/C13H18F2N2O3.ClH/c1-19-10-6-4-5-9(11(10)20-13(14)15)12(18)17-8-3-2-7-16;/h4-6,13H,2-3,7-8,16H2,1H3,(H,17,18);1H. The molecule has 3 N–H and O–H groups in total. The predicted octanol–water partition coefficient (Wildman–Crippen LogP) is 2.19. The fourth-order valence-electron chi connectivity index (χ4n) is 1.63. The molecule has 0 bridgehead atoms. The normalized spacial score (nSPS) is 9.95. The molecule has 1 aromatic rings. The Morgan fingerprint density at radius 1 is 1.38 bits per heavy atom. The number of hydrogen-bond acceptors (Lipinski definition) is 4. The van der Waals surface area contributed by atoms with Crippen LogP contribution in [0.1, 0.15) is 23.2 Å². The number of nitrogens with one attached hydrogen (secondary N) is 1. The first kappa shape index (κ1) is 19.4. The summed E-state index contributed by atoms with van der Waals surface area (Å²) in [6, 6.07) is 4.38. The van der Waals surface area contributed by atoms with Gasteiger partial charge in [0.2, 0.25) is 0 Å². The van der Waals surface area contributed by atoms with Crippen LogP contribution in [0.5, 0.6) is 11.5 Å². The molecule has 0 atom stereocenters. The third kappa shape index (κ3) is 6.14. The largest absolute Gasteiger partial charge is 0.493 e. The van der Waals surface area contributed by atoms with E-state index >= 15 is 0 Å². The summed E-state index contributed by atoms with van der Waals surface area (Å²) < 4.78 is 34.1. The van der Waals surface area contributed by atoms with Gasteiger partial charge in [-0.05, 0) is 31.5 Å². The quantitative estimate of drug-likeness (QED) is 0.719. The summed E-state index contributed by atoms with van der Waals surface area (Å²) in [6.07, 6.45) is 1.50. The van der Waals surface area contributed by atoms with E-state index in [1.165, 1.54) is 25.3 Å². The van der Waals surface area contributed by atoms with Crippen molar-refractivity contribution in [1.29, 1.82) is 0 Å². The van der Waals surface area contributed by atoms with Gasteiger partial charge in [-0.15, -0.1) is 12.4 Å². The molecule has 0 aliphatic heterocycles. The molecule has 21 heavy (non-hydrogen) atoms. The molecule has 0 fully saturated rings. The number of carbonyl (C=O) groups is 1. The van der Waals surface area contributed by atoms with E-state index in [1.807, 2.05) is 0 Å². The van der Waals surface area contributed by atoms with Gasteiger partial charge in [-0.1, -0.05) is 6.07 Å². The van der Waals surface area contributed by atoms with Crippen LogP contribution < -0.4 is 20.5 Å². The minimum atomic E-state index is -3.03. The molecule has 0 unspecified atom stereocenters. The van der Waals surface area contributed by atoms with Gasteiger partial charge in [0.15, 0.2) is 11.5 Å². The van der Waals surface area contributed by atoms with E-state index in [2.05, 4.69) is 10.1 Å². The molecule has 0 spiro atoms. The monoisotopic (exact) mass is 324 g/mol. The number of alkyl halides is 2. The van der Waals surface area contributed by atoms with E-state index in [0.29, 0.717) is 13.1 Å². The average molecular weight is 325 g/mol. The van der Waals surface area contributed by atoms with Crippen molar-refractivity contribution in [3.63, 3.8) is 0 Å². The second-order valence-corrected chi connectivity index (χ2v) is 3.97. The summed E-state index contributed by atoms with van der Waals surface area (Å²) in [5.74, 6) is -0.669. The van der Waals surface area contributed by atoms with Gasteiger partial charge < -0.3 is 20.5 Å². The molecule has 0 aromatic heterocycles. The zero-order chi connectivity index (χ0) is 15.0. The van der Waals surface area contributed by atoms with Crippen molar-refractivity contribution in [1.82, 2.24) is 5.32 Å². The number of hydrogen-bond donors (Lipinski definition) is 2. The highest BCUT2D eigenvalue weighted by atomic mass is 35.5. The van der Waals surface area contributed by atoms with Crippen LogP contribution in [0.4, 0.5) is 8.78 Å². The van der Waals surface area contributed by atoms with E-state index in [-0.39, 0.29) is 29.5 Å². The topological polar surface area (TPSA) is 73.6 Å². The predicted molar refractivity (Wildman–Crippen MR) is 77.5 cm³/mol. The van der Waals surface area contributed by atoms with Gasteiger partial charge in [0.1, 0.15) is 0 Å². The fourth-order valence-corrected chi connectivity index (χ4v) is 1.63. The van der Waals surface area contributed by atoms with Gasteiger partial charge in [0.05, 0.1) is 12.7 Å². The third-order valence-electron chi connectivity index (χ3n) is 2.57. The lowest BCUT2D eigenvalue weighted by Gasteiger charge is -2.14. The second-order valence-electron chi connectivity index (χ2n) is 3.97. The molecule has 0 saturated heterocycles. The number of amides is 1. The number of halogens is 3. The number of ether oxygens (including phenoxy) is 2. The van der Waals surface area contributed by atoms with Crippen LogP contribution in [0.15, 0.2) is 18.2 Å². The van der Waals surface area contributed by atoms with Gasteiger partial charge in [0.25, 0.3) is 5.91 Å². The van der Waals surface area contributed by atoms with E-state index < -0.39 is 12.5 Å². The molecule has 0 heterocycles. The molecular formula is C13H19ClF2N2O3. The summed E-state index contributed by atoms with van der Waals surface area (Å²) in [5, 5.41) is 2.62. The van der Waals surface area contributed by atoms with Crippen molar-refractivity contribution in [2.75, 3.05) is 20.2 Å². The van der Waals surface area contributed by atoms with Gasteiger partial charge in [-0.3, -0.25) is 4.79 Å². The lowest BCUT2D eigenvalue weighted by molar-refractivity contribution is -0.0515. The second kappa shape index (κ2) is 10.2. The molecule has 5 nitrogen and oxygen atoms in total. The van der Waals surface area contributed by atoms with Crippen molar-refractivity contribution < 1.29 is 23.0 Å². The summed E-state index contributed by atoms with van der Waals surface area (Å²) in [6.45, 7) is -2.08. The summed E-state index contributed by atoms with van der Waals surface area (Å²) in [7, 11) is 1.32. The van der Waals surface area contributed by atoms with Crippen molar-refractivity contribution in [3.05, 3.63) is 23.8 Å². The van der Waals surface area contributed by atoms with E-state index in [9.17, 15) is 13.6 Å². The van der Waals surface area contributed by atoms with Crippen LogP contribution >= 0.6 is 12.4 Å². The average Bonchev–Trinajstić information content (AvgIpc) is 2.43. The van der Waals surface area contributed by atoms with Gasteiger partial charge >= 0.3 is 6.61 Å². The number of methoxy groups -OCH3 is 1. The Hall–Kier alpha value is -1.60. The molecule has 1 rings (SSSR count). The number of para-hydroxylation sites is 1. The third-order valence-corrected chi connectivity index (χ3v) is 2.57. The Labute approximate surface area is 128 Å². The Balaban J connectivity index is 0.00000400. The first-order chi connectivity index (χ1) is 9.60. The molecule has 0 aliphatic carbocycles. The van der Waals surface area contributed by atoms with Gasteiger partial charge in [-0.2, -0.15) is 8.78 Å². The van der Waals surface area contributed by atoms with Crippen LogP contribution in [-0.2, 0) is 0 Å².